The fraction of sp³-hybridized carbons (Fsp3) is 0.692. The Morgan fingerprint density at radius 2 is 2.05 bits per heavy atom. The van der Waals surface area contributed by atoms with E-state index in [1.165, 1.54) is 11.3 Å². The SMILES string of the molecule is COCc1nc(CN2CCN(C)CC2)sc1C(C)=O. The number of piperazine rings is 1. The van der Waals surface area contributed by atoms with Gasteiger partial charge in [-0.05, 0) is 7.05 Å². The number of ether oxygens (including phenoxy) is 1. The van der Waals surface area contributed by atoms with Crippen molar-refractivity contribution in [2.75, 3.05) is 40.3 Å². The van der Waals surface area contributed by atoms with Gasteiger partial charge in [-0.2, -0.15) is 0 Å². The fourth-order valence-corrected chi connectivity index (χ4v) is 3.18. The van der Waals surface area contributed by atoms with Crippen LogP contribution in [0.1, 0.15) is 27.3 Å². The summed E-state index contributed by atoms with van der Waals surface area (Å²) < 4.78 is 5.11. The van der Waals surface area contributed by atoms with E-state index in [0.717, 1.165) is 48.3 Å². The number of nitrogens with zero attached hydrogens (tertiary/aromatic N) is 3. The van der Waals surface area contributed by atoms with Gasteiger partial charge in [0.25, 0.3) is 0 Å². The lowest BCUT2D eigenvalue weighted by Crippen LogP contribution is -2.43. The molecule has 1 fully saturated rings. The normalized spacial score (nSPS) is 17.8. The molecule has 1 saturated heterocycles. The molecule has 2 heterocycles. The summed E-state index contributed by atoms with van der Waals surface area (Å²) in [6, 6.07) is 0. The summed E-state index contributed by atoms with van der Waals surface area (Å²) in [4.78, 5) is 21.6. The smallest absolute Gasteiger partial charge is 0.171 e. The predicted molar refractivity (Wildman–Crippen MR) is 75.6 cm³/mol. The lowest BCUT2D eigenvalue weighted by atomic mass is 10.3. The van der Waals surface area contributed by atoms with Gasteiger partial charge in [0.1, 0.15) is 5.01 Å². The molecular weight excluding hydrogens is 262 g/mol. The van der Waals surface area contributed by atoms with Gasteiger partial charge in [-0.3, -0.25) is 9.69 Å². The standard InChI is InChI=1S/C13H21N3O2S/c1-10(17)13-11(9-18-3)14-12(19-13)8-16-6-4-15(2)5-7-16/h4-9H2,1-3H3. The number of methoxy groups -OCH3 is 1. The number of aromatic nitrogens is 1. The van der Waals surface area contributed by atoms with Crippen LogP contribution in [0.25, 0.3) is 0 Å². The van der Waals surface area contributed by atoms with E-state index in [2.05, 4.69) is 21.8 Å². The molecule has 0 bridgehead atoms. The zero-order valence-electron chi connectivity index (χ0n) is 11.8. The molecule has 1 aromatic rings. The highest BCUT2D eigenvalue weighted by Gasteiger charge is 2.19. The molecule has 1 aliphatic rings. The van der Waals surface area contributed by atoms with E-state index in [4.69, 9.17) is 4.74 Å². The van der Waals surface area contributed by atoms with E-state index in [0.29, 0.717) is 6.61 Å². The number of hydrogen-bond acceptors (Lipinski definition) is 6. The molecule has 1 aliphatic heterocycles. The summed E-state index contributed by atoms with van der Waals surface area (Å²) >= 11 is 1.51. The highest BCUT2D eigenvalue weighted by molar-refractivity contribution is 7.13. The topological polar surface area (TPSA) is 45.7 Å². The van der Waals surface area contributed by atoms with Gasteiger partial charge in [0, 0.05) is 40.2 Å². The zero-order chi connectivity index (χ0) is 13.8. The number of hydrogen-bond donors (Lipinski definition) is 0. The van der Waals surface area contributed by atoms with Crippen LogP contribution in [-0.4, -0.2) is 60.9 Å². The van der Waals surface area contributed by atoms with Crippen LogP contribution in [0.5, 0.6) is 0 Å². The first-order valence-corrected chi connectivity index (χ1v) is 7.31. The third kappa shape index (κ3) is 3.82. The van der Waals surface area contributed by atoms with Crippen molar-refractivity contribution >= 4 is 17.1 Å². The van der Waals surface area contributed by atoms with Crippen molar-refractivity contribution in [1.29, 1.82) is 0 Å². The number of ketones is 1. The minimum Gasteiger partial charge on any atom is -0.378 e. The molecule has 1 aromatic heterocycles. The number of carbonyl (C=O) groups excluding carboxylic acids is 1. The molecule has 2 rings (SSSR count). The van der Waals surface area contributed by atoms with Crippen LogP contribution >= 0.6 is 11.3 Å². The molecule has 19 heavy (non-hydrogen) atoms. The van der Waals surface area contributed by atoms with Gasteiger partial charge in [0.2, 0.25) is 0 Å². The predicted octanol–water partition coefficient (Wildman–Crippen LogP) is 1.24. The maximum absolute atomic E-state index is 11.6. The molecule has 106 valence electrons. The Morgan fingerprint density at radius 1 is 1.37 bits per heavy atom. The summed E-state index contributed by atoms with van der Waals surface area (Å²) in [5, 5.41) is 1.02. The molecule has 0 aromatic carbocycles. The molecule has 5 nitrogen and oxygen atoms in total. The van der Waals surface area contributed by atoms with Crippen molar-refractivity contribution in [3.63, 3.8) is 0 Å². The lowest BCUT2D eigenvalue weighted by molar-refractivity contribution is 0.101. The van der Waals surface area contributed by atoms with E-state index in [1.807, 2.05) is 0 Å². The van der Waals surface area contributed by atoms with Crippen molar-refractivity contribution in [3.05, 3.63) is 15.6 Å². The Kier molecular flexibility index (Phi) is 5.04. The number of carbonyl (C=O) groups is 1. The van der Waals surface area contributed by atoms with Crippen LogP contribution in [0.4, 0.5) is 0 Å². The Labute approximate surface area is 118 Å². The molecule has 0 atom stereocenters. The first kappa shape index (κ1) is 14.6. The van der Waals surface area contributed by atoms with Crippen molar-refractivity contribution in [3.8, 4) is 0 Å². The Balaban J connectivity index is 2.04. The quantitative estimate of drug-likeness (QED) is 0.761. The van der Waals surface area contributed by atoms with Gasteiger partial charge in [0.05, 0.1) is 23.7 Å². The number of thiazole rings is 1. The minimum absolute atomic E-state index is 0.0779. The van der Waals surface area contributed by atoms with Gasteiger partial charge in [-0.1, -0.05) is 0 Å². The molecule has 0 aliphatic carbocycles. The van der Waals surface area contributed by atoms with E-state index in [-0.39, 0.29) is 5.78 Å². The van der Waals surface area contributed by atoms with E-state index < -0.39 is 0 Å². The maximum Gasteiger partial charge on any atom is 0.171 e. The molecule has 0 N–H and O–H groups in total. The van der Waals surface area contributed by atoms with Crippen molar-refractivity contribution in [2.45, 2.75) is 20.1 Å². The monoisotopic (exact) mass is 283 g/mol. The lowest BCUT2D eigenvalue weighted by Gasteiger charge is -2.31. The average Bonchev–Trinajstić information content (AvgIpc) is 2.76. The molecule has 0 unspecified atom stereocenters. The second-order valence-electron chi connectivity index (χ2n) is 4.95. The summed E-state index contributed by atoms with van der Waals surface area (Å²) in [5.41, 5.74) is 0.782. The maximum atomic E-state index is 11.6. The molecule has 0 radical (unpaired) electrons. The van der Waals surface area contributed by atoms with Crippen LogP contribution in [0.3, 0.4) is 0 Å². The number of Topliss-reactive ketones (excluding diaryl/α,β-unsaturated/α-hetero) is 1. The van der Waals surface area contributed by atoms with Crippen LogP contribution < -0.4 is 0 Å². The molecule has 0 amide bonds. The van der Waals surface area contributed by atoms with Crippen molar-refractivity contribution in [2.24, 2.45) is 0 Å². The van der Waals surface area contributed by atoms with Crippen LogP contribution in [-0.2, 0) is 17.9 Å². The Hall–Kier alpha value is -0.820. The van der Waals surface area contributed by atoms with Gasteiger partial charge in [-0.15, -0.1) is 11.3 Å². The largest absolute Gasteiger partial charge is 0.378 e. The third-order valence-electron chi connectivity index (χ3n) is 3.30. The molecule has 0 spiro atoms. The summed E-state index contributed by atoms with van der Waals surface area (Å²) in [6.07, 6.45) is 0. The van der Waals surface area contributed by atoms with Crippen LogP contribution in [0.15, 0.2) is 0 Å². The van der Waals surface area contributed by atoms with Crippen LogP contribution in [0, 0.1) is 0 Å². The van der Waals surface area contributed by atoms with Crippen molar-refractivity contribution < 1.29 is 9.53 Å². The first-order valence-electron chi connectivity index (χ1n) is 6.49. The fourth-order valence-electron chi connectivity index (χ4n) is 2.18. The summed E-state index contributed by atoms with van der Waals surface area (Å²) in [5.74, 6) is 0.0779. The van der Waals surface area contributed by atoms with E-state index >= 15 is 0 Å². The van der Waals surface area contributed by atoms with Gasteiger partial charge >= 0.3 is 0 Å². The third-order valence-corrected chi connectivity index (χ3v) is 4.48. The molecular formula is C13H21N3O2S. The second-order valence-corrected chi connectivity index (χ2v) is 6.04. The highest BCUT2D eigenvalue weighted by Crippen LogP contribution is 2.21. The average molecular weight is 283 g/mol. The van der Waals surface area contributed by atoms with Gasteiger partial charge < -0.3 is 9.64 Å². The zero-order valence-corrected chi connectivity index (χ0v) is 12.6. The second kappa shape index (κ2) is 6.56. The van der Waals surface area contributed by atoms with E-state index in [1.54, 1.807) is 14.0 Å². The first-order chi connectivity index (χ1) is 9.10. The minimum atomic E-state index is 0.0779. The Bertz CT molecular complexity index is 439. The van der Waals surface area contributed by atoms with Crippen molar-refractivity contribution in [1.82, 2.24) is 14.8 Å². The molecule has 6 heteroatoms. The summed E-state index contributed by atoms with van der Waals surface area (Å²) in [6.45, 7) is 7.14. The number of rotatable bonds is 5. The number of likely N-dealkylation sites (N-methyl/N-ethyl adjacent to an activating group) is 1. The van der Waals surface area contributed by atoms with Gasteiger partial charge in [0.15, 0.2) is 5.78 Å². The summed E-state index contributed by atoms with van der Waals surface area (Å²) in [7, 11) is 3.77. The van der Waals surface area contributed by atoms with Gasteiger partial charge in [-0.25, -0.2) is 4.98 Å². The Morgan fingerprint density at radius 3 is 2.63 bits per heavy atom. The van der Waals surface area contributed by atoms with Crippen LogP contribution in [0.2, 0.25) is 0 Å². The molecule has 0 saturated carbocycles. The van der Waals surface area contributed by atoms with E-state index in [9.17, 15) is 4.79 Å². The highest BCUT2D eigenvalue weighted by atomic mass is 32.1.